The van der Waals surface area contributed by atoms with Gasteiger partial charge in [-0.15, -0.1) is 0 Å². The van der Waals surface area contributed by atoms with E-state index in [4.69, 9.17) is 4.74 Å². The first-order chi connectivity index (χ1) is 12.6. The van der Waals surface area contributed by atoms with Crippen molar-refractivity contribution in [3.05, 3.63) is 79.1 Å². The molecular weight excluding hydrogens is 362 g/mol. The molecule has 0 unspecified atom stereocenters. The molecule has 5 nitrogen and oxygen atoms in total. The number of carbonyl (C=O) groups excluding carboxylic acids is 1. The number of nitrogens with zero attached hydrogens (tertiary/aromatic N) is 2. The van der Waals surface area contributed by atoms with Crippen molar-refractivity contribution in [1.29, 1.82) is 0 Å². The lowest BCUT2D eigenvalue weighted by atomic mass is 10.3. The van der Waals surface area contributed by atoms with Crippen LogP contribution in [-0.2, 0) is 11.3 Å². The number of anilines is 2. The van der Waals surface area contributed by atoms with Crippen LogP contribution in [0, 0.1) is 0 Å². The predicted molar refractivity (Wildman–Crippen MR) is 103 cm³/mol. The second-order valence-corrected chi connectivity index (χ2v) is 6.11. The minimum atomic E-state index is -0.0793. The number of halogens is 1. The van der Waals surface area contributed by atoms with Gasteiger partial charge in [0.25, 0.3) is 5.91 Å². The van der Waals surface area contributed by atoms with Crippen molar-refractivity contribution in [1.82, 2.24) is 0 Å². The van der Waals surface area contributed by atoms with Crippen LogP contribution in [-0.4, -0.2) is 20.0 Å². The minimum Gasteiger partial charge on any atom is -1.00 e. The number of ether oxygens (including phenoxy) is 1. The number of benzene rings is 2. The summed E-state index contributed by atoms with van der Waals surface area (Å²) in [5.74, 6) is 1.43. The summed E-state index contributed by atoms with van der Waals surface area (Å²) in [5, 5.41) is 2.89. The monoisotopic (exact) mass is 383 g/mol. The third-order valence-electron chi connectivity index (χ3n) is 3.83. The second kappa shape index (κ2) is 9.59. The Balaban J connectivity index is 0.00000261. The molecule has 3 aromatic rings. The number of pyridine rings is 1. The van der Waals surface area contributed by atoms with Crippen molar-refractivity contribution in [2.24, 2.45) is 0 Å². The van der Waals surface area contributed by atoms with Crippen LogP contribution in [0.15, 0.2) is 79.1 Å². The molecule has 0 spiro atoms. The first-order valence-electron chi connectivity index (χ1n) is 8.39. The van der Waals surface area contributed by atoms with Crippen LogP contribution in [0.3, 0.4) is 0 Å². The number of para-hydroxylation sites is 1. The Kier molecular flexibility index (Phi) is 7.20. The van der Waals surface area contributed by atoms with E-state index < -0.39 is 0 Å². The Morgan fingerprint density at radius 3 is 2.11 bits per heavy atom. The summed E-state index contributed by atoms with van der Waals surface area (Å²) >= 11 is 0. The Labute approximate surface area is 165 Å². The molecule has 1 aromatic heterocycles. The van der Waals surface area contributed by atoms with E-state index in [0.29, 0.717) is 0 Å². The number of hydrogen-bond acceptors (Lipinski definition) is 3. The van der Waals surface area contributed by atoms with Gasteiger partial charge in [0.1, 0.15) is 11.5 Å². The van der Waals surface area contributed by atoms with Crippen molar-refractivity contribution in [2.45, 2.75) is 6.54 Å². The summed E-state index contributed by atoms with van der Waals surface area (Å²) in [5.41, 5.74) is 1.83. The van der Waals surface area contributed by atoms with Crippen molar-refractivity contribution < 1.29 is 26.5 Å². The van der Waals surface area contributed by atoms with Gasteiger partial charge in [-0.3, -0.25) is 4.79 Å². The van der Waals surface area contributed by atoms with Gasteiger partial charge in [-0.25, -0.2) is 0 Å². The molecular formula is C21H22ClN3O2. The molecule has 0 aliphatic carbocycles. The fourth-order valence-corrected chi connectivity index (χ4v) is 2.45. The molecule has 1 N–H and O–H groups in total. The number of nitrogens with one attached hydrogen (secondary N) is 1. The topological polar surface area (TPSA) is 45.5 Å². The third-order valence-corrected chi connectivity index (χ3v) is 3.83. The molecule has 0 saturated heterocycles. The maximum atomic E-state index is 12.2. The van der Waals surface area contributed by atoms with E-state index >= 15 is 0 Å². The normalized spacial score (nSPS) is 9.85. The zero-order chi connectivity index (χ0) is 18.4. The van der Waals surface area contributed by atoms with Gasteiger partial charge in [0.05, 0.1) is 0 Å². The maximum absolute atomic E-state index is 12.2. The summed E-state index contributed by atoms with van der Waals surface area (Å²) in [6, 6.07) is 20.9. The van der Waals surface area contributed by atoms with Crippen molar-refractivity contribution in [3.8, 4) is 11.5 Å². The fourth-order valence-electron chi connectivity index (χ4n) is 2.45. The van der Waals surface area contributed by atoms with Gasteiger partial charge >= 0.3 is 0 Å². The van der Waals surface area contributed by atoms with Crippen molar-refractivity contribution >= 4 is 17.3 Å². The summed E-state index contributed by atoms with van der Waals surface area (Å²) in [6.45, 7) is 0.260. The number of carbonyl (C=O) groups is 1. The SMILES string of the molecule is CN(C)c1cc[n+](CC(=O)Nc2ccc(Oc3ccccc3)cc2)cc1.[Cl-]. The zero-order valence-electron chi connectivity index (χ0n) is 15.3. The van der Waals surface area contributed by atoms with Gasteiger partial charge in [-0.2, -0.15) is 4.57 Å². The lowest BCUT2D eigenvalue weighted by Crippen LogP contribution is -3.00. The van der Waals surface area contributed by atoms with Crippen molar-refractivity contribution in [2.75, 3.05) is 24.3 Å². The highest BCUT2D eigenvalue weighted by atomic mass is 35.5. The Morgan fingerprint density at radius 2 is 1.52 bits per heavy atom. The van der Waals surface area contributed by atoms with Crippen LogP contribution in [0.1, 0.15) is 0 Å². The average Bonchev–Trinajstić information content (AvgIpc) is 2.64. The van der Waals surface area contributed by atoms with E-state index in [0.717, 1.165) is 22.9 Å². The standard InChI is InChI=1S/C21H21N3O2.ClH/c1-23(2)18-12-14-24(15-13-18)16-21(25)22-17-8-10-20(11-9-17)26-19-6-4-3-5-7-19;/h3-15H,16H2,1-2H3;1H. The quantitative estimate of drug-likeness (QED) is 0.630. The molecule has 0 aliphatic heterocycles. The molecule has 0 radical (unpaired) electrons. The number of rotatable bonds is 6. The molecule has 6 heteroatoms. The first-order valence-corrected chi connectivity index (χ1v) is 8.39. The second-order valence-electron chi connectivity index (χ2n) is 6.11. The van der Waals surface area contributed by atoms with Gasteiger partial charge in [-0.05, 0) is 36.4 Å². The molecule has 2 aromatic carbocycles. The molecule has 27 heavy (non-hydrogen) atoms. The smallest absolute Gasteiger partial charge is 0.290 e. The molecule has 0 aliphatic rings. The molecule has 0 atom stereocenters. The number of aromatic nitrogens is 1. The van der Waals surface area contributed by atoms with E-state index in [1.165, 1.54) is 0 Å². The highest BCUT2D eigenvalue weighted by molar-refractivity contribution is 5.89. The van der Waals surface area contributed by atoms with E-state index in [9.17, 15) is 4.79 Å². The molecule has 3 rings (SSSR count). The van der Waals surface area contributed by atoms with Gasteiger partial charge in [0.2, 0.25) is 6.54 Å². The molecule has 0 bridgehead atoms. The molecule has 1 heterocycles. The van der Waals surface area contributed by atoms with Gasteiger partial charge in [0, 0.05) is 37.6 Å². The van der Waals surface area contributed by atoms with E-state index in [1.54, 1.807) is 0 Å². The summed E-state index contributed by atoms with van der Waals surface area (Å²) in [4.78, 5) is 14.2. The van der Waals surface area contributed by atoms with Crippen LogP contribution >= 0.6 is 0 Å². The number of amides is 1. The lowest BCUT2D eigenvalue weighted by Gasteiger charge is -2.10. The number of hydrogen-bond donors (Lipinski definition) is 1. The Morgan fingerprint density at radius 1 is 0.926 bits per heavy atom. The van der Waals surface area contributed by atoms with Crippen LogP contribution in [0.5, 0.6) is 11.5 Å². The Hall–Kier alpha value is -3.05. The minimum absolute atomic E-state index is 0. The van der Waals surface area contributed by atoms with Crippen molar-refractivity contribution in [3.63, 3.8) is 0 Å². The van der Waals surface area contributed by atoms with E-state index in [1.807, 2.05) is 103 Å². The highest BCUT2D eigenvalue weighted by Crippen LogP contribution is 2.22. The van der Waals surface area contributed by atoms with E-state index in [-0.39, 0.29) is 24.9 Å². The predicted octanol–water partition coefficient (Wildman–Crippen LogP) is 0.475. The maximum Gasteiger partial charge on any atom is 0.290 e. The van der Waals surface area contributed by atoms with Crippen LogP contribution < -0.4 is 31.9 Å². The fraction of sp³-hybridized carbons (Fsp3) is 0.143. The highest BCUT2D eigenvalue weighted by Gasteiger charge is 2.10. The molecule has 140 valence electrons. The summed E-state index contributed by atoms with van der Waals surface area (Å²) < 4.78 is 7.59. The third kappa shape index (κ3) is 6.01. The largest absolute Gasteiger partial charge is 1.00 e. The van der Waals surface area contributed by atoms with Crippen LogP contribution in [0.4, 0.5) is 11.4 Å². The van der Waals surface area contributed by atoms with Crippen LogP contribution in [0.25, 0.3) is 0 Å². The van der Waals surface area contributed by atoms with Crippen LogP contribution in [0.2, 0.25) is 0 Å². The molecule has 1 amide bonds. The van der Waals surface area contributed by atoms with Gasteiger partial charge in [0.15, 0.2) is 12.4 Å². The average molecular weight is 384 g/mol. The van der Waals surface area contributed by atoms with E-state index in [2.05, 4.69) is 5.32 Å². The Bertz CT molecular complexity index is 851. The first kappa shape index (κ1) is 20.3. The summed E-state index contributed by atoms with van der Waals surface area (Å²) in [7, 11) is 3.97. The zero-order valence-corrected chi connectivity index (χ0v) is 16.1. The van der Waals surface area contributed by atoms with Gasteiger partial charge in [-0.1, -0.05) is 18.2 Å². The molecule has 0 fully saturated rings. The molecule has 0 saturated carbocycles. The van der Waals surface area contributed by atoms with Gasteiger partial charge < -0.3 is 27.4 Å². The lowest BCUT2D eigenvalue weighted by molar-refractivity contribution is -0.684. The summed E-state index contributed by atoms with van der Waals surface area (Å²) in [6.07, 6.45) is 3.79.